The van der Waals surface area contributed by atoms with Crippen LogP contribution in [0.4, 0.5) is 0 Å². The van der Waals surface area contributed by atoms with Gasteiger partial charge in [-0.3, -0.25) is 0 Å². The molecular weight excluding hydrogens is 249 g/mol. The van der Waals surface area contributed by atoms with E-state index >= 15 is 0 Å². The summed E-state index contributed by atoms with van der Waals surface area (Å²) in [4.78, 5) is 0. The molecule has 2 fully saturated rings. The van der Waals surface area contributed by atoms with Gasteiger partial charge in [-0.05, 0) is 0 Å². The molecule has 3 heteroatoms. The van der Waals surface area contributed by atoms with Crippen LogP contribution in [-0.4, -0.2) is 32.3 Å². The summed E-state index contributed by atoms with van der Waals surface area (Å²) < 4.78 is 12.7. The van der Waals surface area contributed by atoms with Gasteiger partial charge in [-0.15, -0.1) is 0 Å². The molecule has 0 aromatic rings. The van der Waals surface area contributed by atoms with Crippen molar-refractivity contribution < 1.29 is 9.47 Å². The Morgan fingerprint density at radius 2 is 1.60 bits per heavy atom. The van der Waals surface area contributed by atoms with Gasteiger partial charge in [-0.2, -0.15) is 0 Å². The van der Waals surface area contributed by atoms with Crippen LogP contribution in [0.2, 0.25) is 20.5 Å². The van der Waals surface area contributed by atoms with Gasteiger partial charge in [0.15, 0.2) is 0 Å². The third-order valence-corrected chi connectivity index (χ3v) is 18.0. The predicted octanol–water partition coefficient (Wildman–Crippen LogP) is 3.40. The number of rotatable bonds is 4. The first-order valence-corrected chi connectivity index (χ1v) is 12.2. The molecule has 2 aliphatic rings. The average Bonchev–Trinajstić information content (AvgIpc) is 2.97. The van der Waals surface area contributed by atoms with Gasteiger partial charge in [0.05, 0.1) is 0 Å². The third kappa shape index (κ3) is 1.89. The van der Waals surface area contributed by atoms with Crippen LogP contribution in [-0.2, 0) is 9.47 Å². The van der Waals surface area contributed by atoms with E-state index in [4.69, 9.17) is 9.47 Å². The molecule has 0 radical (unpaired) electrons. The molecule has 1 saturated carbocycles. The minimum absolute atomic E-state index is 0.0831. The van der Waals surface area contributed by atoms with Crippen molar-refractivity contribution in [2.45, 2.75) is 59.9 Å². The molecular formula is C12H24GeO2. The van der Waals surface area contributed by atoms with E-state index in [9.17, 15) is 0 Å². The molecule has 1 spiro atoms. The van der Waals surface area contributed by atoms with Crippen molar-refractivity contribution in [2.24, 2.45) is 0 Å². The Morgan fingerprint density at radius 1 is 1.07 bits per heavy atom. The Morgan fingerprint density at radius 3 is 2.07 bits per heavy atom. The maximum absolute atomic E-state index is 5.93. The van der Waals surface area contributed by atoms with Gasteiger partial charge in [0.1, 0.15) is 0 Å². The molecule has 0 bridgehead atoms. The van der Waals surface area contributed by atoms with Crippen LogP contribution in [0.25, 0.3) is 0 Å². The summed E-state index contributed by atoms with van der Waals surface area (Å²) in [7, 11) is 0. The van der Waals surface area contributed by atoms with E-state index in [-0.39, 0.29) is 5.79 Å². The standard InChI is InChI=1S/C12H24GeO2/c1-4-13(5-2,6-3)11-10-12(11)14-8-7-9-15-12/h11H,4-10H2,1-3H3. The fourth-order valence-corrected chi connectivity index (χ4v) is 13.4. The van der Waals surface area contributed by atoms with E-state index < -0.39 is 13.3 Å². The van der Waals surface area contributed by atoms with E-state index in [0.29, 0.717) is 0 Å². The number of ether oxygens (including phenoxy) is 2. The fourth-order valence-electron chi connectivity index (χ4n) is 3.31. The number of hydrogen-bond acceptors (Lipinski definition) is 2. The van der Waals surface area contributed by atoms with Crippen molar-refractivity contribution in [3.05, 3.63) is 0 Å². The second kappa shape index (κ2) is 4.38. The van der Waals surface area contributed by atoms with Crippen LogP contribution in [0, 0.1) is 0 Å². The molecule has 1 atom stereocenters. The van der Waals surface area contributed by atoms with Gasteiger partial charge >= 0.3 is 95.9 Å². The van der Waals surface area contributed by atoms with Gasteiger partial charge in [0.2, 0.25) is 0 Å². The maximum atomic E-state index is 5.93. The summed E-state index contributed by atoms with van der Waals surface area (Å²) in [5.41, 5.74) is 0. The molecule has 1 aliphatic heterocycles. The molecule has 0 aromatic carbocycles. The predicted molar refractivity (Wildman–Crippen MR) is 64.8 cm³/mol. The van der Waals surface area contributed by atoms with Gasteiger partial charge in [0.25, 0.3) is 0 Å². The molecule has 1 heterocycles. The molecule has 0 aromatic heterocycles. The van der Waals surface area contributed by atoms with Crippen molar-refractivity contribution in [1.82, 2.24) is 0 Å². The molecule has 2 nitrogen and oxygen atoms in total. The summed E-state index contributed by atoms with van der Waals surface area (Å²) >= 11 is -1.64. The van der Waals surface area contributed by atoms with Crippen molar-refractivity contribution in [2.75, 3.05) is 13.2 Å². The molecule has 1 unspecified atom stereocenters. The Bertz CT molecular complexity index is 211. The molecule has 1 saturated heterocycles. The zero-order chi connectivity index (χ0) is 10.9. The normalized spacial score (nSPS) is 29.4. The zero-order valence-electron chi connectivity index (χ0n) is 10.3. The molecule has 2 rings (SSSR count). The molecule has 88 valence electrons. The van der Waals surface area contributed by atoms with E-state index in [1.54, 1.807) is 0 Å². The minimum atomic E-state index is -1.64. The second-order valence-corrected chi connectivity index (χ2v) is 16.7. The first kappa shape index (κ1) is 11.9. The summed E-state index contributed by atoms with van der Waals surface area (Å²) in [6.45, 7) is 9.02. The third-order valence-electron chi connectivity index (χ3n) is 4.69. The monoisotopic (exact) mass is 274 g/mol. The van der Waals surface area contributed by atoms with Crippen molar-refractivity contribution in [1.29, 1.82) is 0 Å². The topological polar surface area (TPSA) is 18.5 Å². The summed E-state index contributed by atoms with van der Waals surface area (Å²) in [6.07, 6.45) is 2.29. The fraction of sp³-hybridized carbons (Fsp3) is 1.00. The zero-order valence-corrected chi connectivity index (χ0v) is 12.4. The molecule has 15 heavy (non-hydrogen) atoms. The number of hydrogen-bond donors (Lipinski definition) is 0. The van der Waals surface area contributed by atoms with E-state index in [0.717, 1.165) is 24.4 Å². The van der Waals surface area contributed by atoms with E-state index in [2.05, 4.69) is 20.8 Å². The molecule has 0 amide bonds. The van der Waals surface area contributed by atoms with Crippen LogP contribution in [0.15, 0.2) is 0 Å². The van der Waals surface area contributed by atoms with Gasteiger partial charge < -0.3 is 0 Å². The molecule has 1 aliphatic carbocycles. The molecule has 0 N–H and O–H groups in total. The quantitative estimate of drug-likeness (QED) is 0.731. The van der Waals surface area contributed by atoms with Crippen LogP contribution >= 0.6 is 0 Å². The summed E-state index contributed by atoms with van der Waals surface area (Å²) in [5.74, 6) is -0.0831. The Kier molecular flexibility index (Phi) is 3.49. The van der Waals surface area contributed by atoms with Crippen LogP contribution in [0.3, 0.4) is 0 Å². The summed E-state index contributed by atoms with van der Waals surface area (Å²) in [5, 5.41) is 4.31. The van der Waals surface area contributed by atoms with Gasteiger partial charge in [-0.25, -0.2) is 0 Å². The van der Waals surface area contributed by atoms with Gasteiger partial charge in [0, 0.05) is 0 Å². The SMILES string of the molecule is C[CH2][Ge]([CH2]C)([CH2]C)[CH]1CC12OCCCO2. The Labute approximate surface area is 96.1 Å². The van der Waals surface area contributed by atoms with E-state index in [1.165, 1.54) is 22.2 Å². The van der Waals surface area contributed by atoms with Crippen LogP contribution in [0.5, 0.6) is 0 Å². The van der Waals surface area contributed by atoms with Crippen molar-refractivity contribution in [3.63, 3.8) is 0 Å². The first-order valence-electron chi connectivity index (χ1n) is 6.51. The van der Waals surface area contributed by atoms with Gasteiger partial charge in [-0.1, -0.05) is 0 Å². The summed E-state index contributed by atoms with van der Waals surface area (Å²) in [6, 6.07) is 0. The Balaban J connectivity index is 2.06. The van der Waals surface area contributed by atoms with Crippen LogP contribution < -0.4 is 0 Å². The van der Waals surface area contributed by atoms with Crippen molar-refractivity contribution >= 4 is 13.3 Å². The van der Waals surface area contributed by atoms with Crippen LogP contribution in [0.1, 0.15) is 33.6 Å². The average molecular weight is 273 g/mol. The second-order valence-electron chi connectivity index (χ2n) is 5.04. The van der Waals surface area contributed by atoms with Crippen molar-refractivity contribution in [3.8, 4) is 0 Å². The Hall–Kier alpha value is 0.463. The first-order chi connectivity index (χ1) is 7.23. The van der Waals surface area contributed by atoms with E-state index in [1.807, 2.05) is 0 Å².